The van der Waals surface area contributed by atoms with E-state index < -0.39 is 0 Å². The highest BCUT2D eigenvalue weighted by Gasteiger charge is 2.16. The minimum atomic E-state index is 1.20. The van der Waals surface area contributed by atoms with Crippen LogP contribution in [-0.4, -0.2) is 42.5 Å². The number of hydrogen-bond acceptors (Lipinski definition) is 2. The van der Waals surface area contributed by atoms with Crippen LogP contribution in [0.15, 0.2) is 23.9 Å². The molecule has 0 unspecified atom stereocenters. The lowest BCUT2D eigenvalue weighted by atomic mass is 10.1. The SMILES string of the molecule is CCN1CCN(C2=CCCC=C2)CC1. The maximum atomic E-state index is 2.52. The molecule has 1 aliphatic heterocycles. The largest absolute Gasteiger partial charge is 0.369 e. The molecule has 0 N–H and O–H groups in total. The van der Waals surface area contributed by atoms with E-state index in [9.17, 15) is 0 Å². The second-order valence-electron chi connectivity index (χ2n) is 4.03. The highest BCUT2D eigenvalue weighted by atomic mass is 15.3. The number of likely N-dealkylation sites (N-methyl/N-ethyl adjacent to an activating group) is 1. The minimum Gasteiger partial charge on any atom is -0.369 e. The fourth-order valence-corrected chi connectivity index (χ4v) is 2.16. The van der Waals surface area contributed by atoms with Gasteiger partial charge in [-0.05, 0) is 25.5 Å². The standard InChI is InChI=1S/C12H20N2/c1-2-13-8-10-14(11-9-13)12-6-4-3-5-7-12/h4,6-7H,2-3,5,8-11H2,1H3. The topological polar surface area (TPSA) is 6.48 Å². The predicted octanol–water partition coefficient (Wildman–Crippen LogP) is 1.86. The van der Waals surface area contributed by atoms with Gasteiger partial charge in [-0.15, -0.1) is 0 Å². The fraction of sp³-hybridized carbons (Fsp3) is 0.667. The number of hydrogen-bond donors (Lipinski definition) is 0. The molecule has 0 spiro atoms. The van der Waals surface area contributed by atoms with E-state index in [1.54, 1.807) is 0 Å². The lowest BCUT2D eigenvalue weighted by molar-refractivity contribution is 0.168. The van der Waals surface area contributed by atoms with Crippen LogP contribution in [0.4, 0.5) is 0 Å². The van der Waals surface area contributed by atoms with Gasteiger partial charge in [0.15, 0.2) is 0 Å². The van der Waals surface area contributed by atoms with Crippen LogP contribution in [0, 0.1) is 0 Å². The predicted molar refractivity (Wildman–Crippen MR) is 60.1 cm³/mol. The third kappa shape index (κ3) is 2.18. The quantitative estimate of drug-likeness (QED) is 0.659. The van der Waals surface area contributed by atoms with Crippen LogP contribution < -0.4 is 0 Å². The van der Waals surface area contributed by atoms with Gasteiger partial charge in [-0.2, -0.15) is 0 Å². The van der Waals surface area contributed by atoms with E-state index in [4.69, 9.17) is 0 Å². The maximum absolute atomic E-state index is 2.52. The van der Waals surface area contributed by atoms with E-state index in [-0.39, 0.29) is 0 Å². The van der Waals surface area contributed by atoms with Crippen molar-refractivity contribution in [1.82, 2.24) is 9.80 Å². The van der Waals surface area contributed by atoms with E-state index >= 15 is 0 Å². The molecule has 2 heteroatoms. The summed E-state index contributed by atoms with van der Waals surface area (Å²) in [7, 11) is 0. The summed E-state index contributed by atoms with van der Waals surface area (Å²) in [5.41, 5.74) is 1.45. The molecule has 1 aliphatic carbocycles. The third-order valence-electron chi connectivity index (χ3n) is 3.16. The first kappa shape index (κ1) is 9.78. The monoisotopic (exact) mass is 192 g/mol. The normalized spacial score (nSPS) is 23.8. The smallest absolute Gasteiger partial charge is 0.0323 e. The zero-order valence-electron chi connectivity index (χ0n) is 9.08. The first-order valence-corrected chi connectivity index (χ1v) is 5.74. The molecule has 1 saturated heterocycles. The highest BCUT2D eigenvalue weighted by Crippen LogP contribution is 2.16. The summed E-state index contributed by atoms with van der Waals surface area (Å²) >= 11 is 0. The Morgan fingerprint density at radius 3 is 2.50 bits per heavy atom. The van der Waals surface area contributed by atoms with Gasteiger partial charge in [0.25, 0.3) is 0 Å². The molecule has 0 amide bonds. The first-order chi connectivity index (χ1) is 6.90. The van der Waals surface area contributed by atoms with Crippen LogP contribution in [0.3, 0.4) is 0 Å². The summed E-state index contributed by atoms with van der Waals surface area (Å²) in [5, 5.41) is 0. The van der Waals surface area contributed by atoms with Crippen molar-refractivity contribution in [2.45, 2.75) is 19.8 Å². The first-order valence-electron chi connectivity index (χ1n) is 5.74. The van der Waals surface area contributed by atoms with Gasteiger partial charge in [0, 0.05) is 31.9 Å². The molecule has 0 saturated carbocycles. The Labute approximate surface area is 86.9 Å². The maximum Gasteiger partial charge on any atom is 0.0323 e. The molecule has 1 fully saturated rings. The fourth-order valence-electron chi connectivity index (χ4n) is 2.16. The van der Waals surface area contributed by atoms with Crippen LogP contribution in [0.2, 0.25) is 0 Å². The second-order valence-corrected chi connectivity index (χ2v) is 4.03. The molecule has 2 rings (SSSR count). The van der Waals surface area contributed by atoms with Crippen molar-refractivity contribution >= 4 is 0 Å². The van der Waals surface area contributed by atoms with Gasteiger partial charge in [0.05, 0.1) is 0 Å². The molecule has 0 aromatic heterocycles. The Balaban J connectivity index is 1.88. The summed E-state index contributed by atoms with van der Waals surface area (Å²) < 4.78 is 0. The lowest BCUT2D eigenvalue weighted by Gasteiger charge is -2.36. The van der Waals surface area contributed by atoms with Crippen molar-refractivity contribution in [1.29, 1.82) is 0 Å². The molecule has 0 aromatic carbocycles. The van der Waals surface area contributed by atoms with Gasteiger partial charge >= 0.3 is 0 Å². The van der Waals surface area contributed by atoms with E-state index in [1.165, 1.54) is 51.3 Å². The highest BCUT2D eigenvalue weighted by molar-refractivity contribution is 5.21. The van der Waals surface area contributed by atoms with E-state index in [1.807, 2.05) is 0 Å². The Morgan fingerprint density at radius 2 is 1.93 bits per heavy atom. The van der Waals surface area contributed by atoms with Gasteiger partial charge in [-0.1, -0.05) is 19.1 Å². The number of nitrogens with zero attached hydrogens (tertiary/aromatic N) is 2. The molecule has 0 aromatic rings. The van der Waals surface area contributed by atoms with Crippen molar-refractivity contribution in [2.24, 2.45) is 0 Å². The Kier molecular flexibility index (Phi) is 3.25. The van der Waals surface area contributed by atoms with Crippen molar-refractivity contribution in [3.63, 3.8) is 0 Å². The summed E-state index contributed by atoms with van der Waals surface area (Å²) in [5.74, 6) is 0. The van der Waals surface area contributed by atoms with Gasteiger partial charge in [-0.3, -0.25) is 0 Å². The van der Waals surface area contributed by atoms with E-state index in [0.717, 1.165) is 0 Å². The summed E-state index contributed by atoms with van der Waals surface area (Å²) in [6, 6.07) is 0. The van der Waals surface area contributed by atoms with Crippen molar-refractivity contribution in [3.05, 3.63) is 23.9 Å². The molecule has 0 atom stereocenters. The zero-order chi connectivity index (χ0) is 9.80. The molecule has 0 bridgehead atoms. The van der Waals surface area contributed by atoms with Crippen molar-refractivity contribution in [2.75, 3.05) is 32.7 Å². The van der Waals surface area contributed by atoms with E-state index in [2.05, 4.69) is 35.0 Å². The minimum absolute atomic E-state index is 1.20. The van der Waals surface area contributed by atoms with Gasteiger partial charge in [0.1, 0.15) is 0 Å². The molecule has 2 aliphatic rings. The third-order valence-corrected chi connectivity index (χ3v) is 3.16. The van der Waals surface area contributed by atoms with Crippen molar-refractivity contribution < 1.29 is 0 Å². The van der Waals surface area contributed by atoms with Crippen LogP contribution in [-0.2, 0) is 0 Å². The molecule has 14 heavy (non-hydrogen) atoms. The zero-order valence-corrected chi connectivity index (χ0v) is 9.08. The molecule has 78 valence electrons. The molecular formula is C12H20N2. The van der Waals surface area contributed by atoms with Gasteiger partial charge in [-0.25, -0.2) is 0 Å². The molecular weight excluding hydrogens is 172 g/mol. The Morgan fingerprint density at radius 1 is 1.14 bits per heavy atom. The average Bonchev–Trinajstić information content (AvgIpc) is 2.30. The number of allylic oxidation sites excluding steroid dienone is 3. The molecule has 2 nitrogen and oxygen atoms in total. The van der Waals surface area contributed by atoms with Crippen LogP contribution >= 0.6 is 0 Å². The molecule has 0 radical (unpaired) electrons. The summed E-state index contributed by atoms with van der Waals surface area (Å²) in [4.78, 5) is 5.03. The van der Waals surface area contributed by atoms with Crippen LogP contribution in [0.5, 0.6) is 0 Å². The summed E-state index contributed by atoms with van der Waals surface area (Å²) in [6.07, 6.45) is 9.40. The van der Waals surface area contributed by atoms with Gasteiger partial charge in [0.2, 0.25) is 0 Å². The Bertz CT molecular complexity index is 235. The van der Waals surface area contributed by atoms with Crippen molar-refractivity contribution in [3.8, 4) is 0 Å². The second kappa shape index (κ2) is 4.65. The summed E-state index contributed by atoms with van der Waals surface area (Å²) in [6.45, 7) is 8.29. The van der Waals surface area contributed by atoms with Crippen LogP contribution in [0.1, 0.15) is 19.8 Å². The average molecular weight is 192 g/mol. The number of piperazine rings is 1. The van der Waals surface area contributed by atoms with E-state index in [0.29, 0.717) is 0 Å². The number of rotatable bonds is 2. The van der Waals surface area contributed by atoms with Crippen LogP contribution in [0.25, 0.3) is 0 Å². The van der Waals surface area contributed by atoms with Gasteiger partial charge < -0.3 is 9.80 Å². The molecule has 1 heterocycles. The lowest BCUT2D eigenvalue weighted by Crippen LogP contribution is -2.45. The Hall–Kier alpha value is -0.760.